The monoisotopic (exact) mass is 310 g/mol. The quantitative estimate of drug-likeness (QED) is 0.673. The van der Waals surface area contributed by atoms with Crippen LogP contribution in [0.15, 0.2) is 40.5 Å². The van der Waals surface area contributed by atoms with E-state index in [1.165, 1.54) is 18.1 Å². The van der Waals surface area contributed by atoms with E-state index in [0.29, 0.717) is 15.8 Å². The van der Waals surface area contributed by atoms with E-state index in [-0.39, 0.29) is 0 Å². The number of fused-ring (bicyclic) bond motifs is 1. The lowest BCUT2D eigenvalue weighted by Gasteiger charge is -2.07. The Morgan fingerprint density at radius 3 is 2.89 bits per heavy atom. The van der Waals surface area contributed by atoms with Crippen LogP contribution in [0, 0.1) is 6.92 Å². The molecule has 0 saturated heterocycles. The lowest BCUT2D eigenvalue weighted by Crippen LogP contribution is -1.97. The van der Waals surface area contributed by atoms with Crippen LogP contribution < -0.4 is 0 Å². The Kier molecular flexibility index (Phi) is 3.35. The second kappa shape index (κ2) is 5.00. The first-order chi connectivity index (χ1) is 9.13. The molecule has 7 heteroatoms. The van der Waals surface area contributed by atoms with Crippen molar-refractivity contribution >= 4 is 40.7 Å². The summed E-state index contributed by atoms with van der Waals surface area (Å²) in [6, 6.07) is 7.30. The summed E-state index contributed by atoms with van der Waals surface area (Å²) in [5.41, 5.74) is 0.876. The van der Waals surface area contributed by atoms with Crippen LogP contribution >= 0.6 is 35.0 Å². The number of benzene rings is 1. The van der Waals surface area contributed by atoms with Gasteiger partial charge in [0.05, 0.1) is 5.02 Å². The number of halogens is 2. The van der Waals surface area contributed by atoms with E-state index in [0.717, 1.165) is 15.6 Å². The molecular formula is C12H8Cl2N4S. The van der Waals surface area contributed by atoms with Gasteiger partial charge in [-0.05, 0) is 31.2 Å². The molecule has 0 unspecified atom stereocenters. The minimum Gasteiger partial charge on any atom is -0.216 e. The summed E-state index contributed by atoms with van der Waals surface area (Å²) in [5, 5.41) is 6.34. The number of aromatic nitrogens is 4. The first kappa shape index (κ1) is 12.7. The van der Waals surface area contributed by atoms with Crippen LogP contribution in [0.2, 0.25) is 10.0 Å². The van der Waals surface area contributed by atoms with Crippen LogP contribution in [0.5, 0.6) is 0 Å². The predicted octanol–water partition coefficient (Wildman–Crippen LogP) is 3.89. The fourth-order valence-electron chi connectivity index (χ4n) is 1.64. The van der Waals surface area contributed by atoms with E-state index >= 15 is 0 Å². The summed E-state index contributed by atoms with van der Waals surface area (Å²) in [4.78, 5) is 9.26. The molecule has 0 aliphatic rings. The lowest BCUT2D eigenvalue weighted by atomic mass is 10.4. The predicted molar refractivity (Wildman–Crippen MR) is 76.1 cm³/mol. The maximum Gasteiger partial charge on any atom is 0.253 e. The Balaban J connectivity index is 2.10. The number of hydrogen-bond acceptors (Lipinski definition) is 4. The SMILES string of the molecule is Cc1cc(Sc2cc(Cl)ccc2Cl)n2ncnc2n1. The highest BCUT2D eigenvalue weighted by molar-refractivity contribution is 7.99. The van der Waals surface area contributed by atoms with Gasteiger partial charge in [-0.3, -0.25) is 0 Å². The molecule has 0 aliphatic carbocycles. The van der Waals surface area contributed by atoms with Crippen molar-refractivity contribution in [3.05, 3.63) is 46.3 Å². The Morgan fingerprint density at radius 2 is 2.05 bits per heavy atom. The van der Waals surface area contributed by atoms with Gasteiger partial charge in [-0.15, -0.1) is 0 Å². The molecule has 0 fully saturated rings. The third-order valence-corrected chi connectivity index (χ3v) is 4.19. The Hall–Kier alpha value is -1.30. The minimum absolute atomic E-state index is 0.570. The van der Waals surface area contributed by atoms with Gasteiger partial charge in [-0.25, -0.2) is 4.98 Å². The van der Waals surface area contributed by atoms with Gasteiger partial charge < -0.3 is 0 Å². The molecule has 3 rings (SSSR count). The van der Waals surface area contributed by atoms with Gasteiger partial charge in [0.1, 0.15) is 11.4 Å². The van der Waals surface area contributed by atoms with Crippen molar-refractivity contribution in [3.63, 3.8) is 0 Å². The zero-order valence-electron chi connectivity index (χ0n) is 9.84. The van der Waals surface area contributed by atoms with Crippen LogP contribution in [-0.2, 0) is 0 Å². The molecule has 2 aromatic heterocycles. The molecule has 96 valence electrons. The molecule has 19 heavy (non-hydrogen) atoms. The minimum atomic E-state index is 0.570. The van der Waals surface area contributed by atoms with Gasteiger partial charge in [0.15, 0.2) is 0 Å². The molecule has 1 aromatic carbocycles. The van der Waals surface area contributed by atoms with Crippen LogP contribution in [0.3, 0.4) is 0 Å². The van der Waals surface area contributed by atoms with Crippen molar-refractivity contribution < 1.29 is 0 Å². The van der Waals surface area contributed by atoms with Crippen molar-refractivity contribution in [1.82, 2.24) is 19.6 Å². The number of rotatable bonds is 2. The zero-order valence-corrected chi connectivity index (χ0v) is 12.2. The van der Waals surface area contributed by atoms with E-state index in [1.807, 2.05) is 19.1 Å². The van der Waals surface area contributed by atoms with E-state index < -0.39 is 0 Å². The molecule has 0 radical (unpaired) electrons. The van der Waals surface area contributed by atoms with E-state index in [2.05, 4.69) is 15.1 Å². The fourth-order valence-corrected chi connectivity index (χ4v) is 3.13. The maximum atomic E-state index is 6.17. The molecule has 4 nitrogen and oxygen atoms in total. The molecule has 0 bridgehead atoms. The van der Waals surface area contributed by atoms with Gasteiger partial charge in [0.2, 0.25) is 0 Å². The van der Waals surface area contributed by atoms with Crippen LogP contribution in [-0.4, -0.2) is 19.6 Å². The molecule has 0 atom stereocenters. The van der Waals surface area contributed by atoms with E-state index in [4.69, 9.17) is 23.2 Å². The summed E-state index contributed by atoms with van der Waals surface area (Å²) in [6.45, 7) is 1.91. The molecule has 3 aromatic rings. The van der Waals surface area contributed by atoms with Gasteiger partial charge >= 0.3 is 0 Å². The van der Waals surface area contributed by atoms with Crippen LogP contribution in [0.25, 0.3) is 5.78 Å². The first-order valence-corrected chi connectivity index (χ1v) is 7.01. The van der Waals surface area contributed by atoms with Gasteiger partial charge in [-0.2, -0.15) is 14.6 Å². The molecular weight excluding hydrogens is 303 g/mol. The van der Waals surface area contributed by atoms with Crippen molar-refractivity contribution in [2.45, 2.75) is 16.8 Å². The number of nitrogens with zero attached hydrogens (tertiary/aromatic N) is 4. The zero-order chi connectivity index (χ0) is 13.4. The smallest absolute Gasteiger partial charge is 0.216 e. The maximum absolute atomic E-state index is 6.17. The van der Waals surface area contributed by atoms with Crippen LogP contribution in [0.1, 0.15) is 5.69 Å². The highest BCUT2D eigenvalue weighted by atomic mass is 35.5. The molecule has 2 heterocycles. The Morgan fingerprint density at radius 1 is 1.21 bits per heavy atom. The lowest BCUT2D eigenvalue weighted by molar-refractivity contribution is 0.833. The Labute approximate surface area is 123 Å². The van der Waals surface area contributed by atoms with E-state index in [9.17, 15) is 0 Å². The molecule has 0 amide bonds. The van der Waals surface area contributed by atoms with Crippen molar-refractivity contribution in [3.8, 4) is 0 Å². The normalized spacial score (nSPS) is 11.1. The standard InChI is InChI=1S/C12H8Cl2N4S/c1-7-4-11(18-12(17-7)15-6-16-18)19-10-5-8(13)2-3-9(10)14/h2-6H,1H3. The van der Waals surface area contributed by atoms with Crippen molar-refractivity contribution in [2.75, 3.05) is 0 Å². The highest BCUT2D eigenvalue weighted by Gasteiger charge is 2.10. The summed E-state index contributed by atoms with van der Waals surface area (Å²) in [6.07, 6.45) is 1.48. The summed E-state index contributed by atoms with van der Waals surface area (Å²) in [7, 11) is 0. The van der Waals surface area contributed by atoms with E-state index in [1.54, 1.807) is 16.6 Å². The molecule has 0 aliphatic heterocycles. The topological polar surface area (TPSA) is 43.1 Å². The number of aryl methyl sites for hydroxylation is 1. The van der Waals surface area contributed by atoms with Crippen molar-refractivity contribution in [1.29, 1.82) is 0 Å². The molecule has 0 N–H and O–H groups in total. The van der Waals surface area contributed by atoms with Gasteiger partial charge in [0, 0.05) is 15.6 Å². The highest BCUT2D eigenvalue weighted by Crippen LogP contribution is 2.35. The third kappa shape index (κ3) is 2.54. The fraction of sp³-hybridized carbons (Fsp3) is 0.0833. The summed E-state index contributed by atoms with van der Waals surface area (Å²) < 4.78 is 1.68. The Bertz CT molecular complexity index is 757. The molecule has 0 saturated carbocycles. The van der Waals surface area contributed by atoms with Crippen LogP contribution in [0.4, 0.5) is 0 Å². The average molecular weight is 311 g/mol. The second-order valence-corrected chi connectivity index (χ2v) is 5.79. The summed E-state index contributed by atoms with van der Waals surface area (Å²) in [5.74, 6) is 0.570. The second-order valence-electron chi connectivity index (χ2n) is 3.88. The number of hydrogen-bond donors (Lipinski definition) is 0. The third-order valence-electron chi connectivity index (χ3n) is 2.46. The van der Waals surface area contributed by atoms with Gasteiger partial charge in [0.25, 0.3) is 5.78 Å². The largest absolute Gasteiger partial charge is 0.253 e. The average Bonchev–Trinajstić information content (AvgIpc) is 2.82. The first-order valence-electron chi connectivity index (χ1n) is 5.44. The molecule has 0 spiro atoms. The summed E-state index contributed by atoms with van der Waals surface area (Å²) >= 11 is 13.6. The van der Waals surface area contributed by atoms with Gasteiger partial charge in [-0.1, -0.05) is 35.0 Å². The van der Waals surface area contributed by atoms with Crippen molar-refractivity contribution in [2.24, 2.45) is 0 Å².